The molecule has 1 aliphatic heterocycles. The van der Waals surface area contributed by atoms with Crippen molar-refractivity contribution in [2.24, 2.45) is 0 Å². The van der Waals surface area contributed by atoms with Crippen molar-refractivity contribution in [3.63, 3.8) is 0 Å². The summed E-state index contributed by atoms with van der Waals surface area (Å²) in [5.41, 5.74) is 4.03. The van der Waals surface area contributed by atoms with Gasteiger partial charge in [-0.25, -0.2) is 0 Å². The van der Waals surface area contributed by atoms with Crippen molar-refractivity contribution in [3.05, 3.63) is 144 Å². The van der Waals surface area contributed by atoms with Crippen molar-refractivity contribution in [1.82, 2.24) is 5.06 Å². The van der Waals surface area contributed by atoms with E-state index in [1.54, 1.807) is 0 Å². The Balaban J connectivity index is 1.40. The second kappa shape index (κ2) is 13.9. The first kappa shape index (κ1) is 26.8. The van der Waals surface area contributed by atoms with Crippen molar-refractivity contribution in [3.8, 4) is 11.8 Å². The molecule has 1 aliphatic rings. The highest BCUT2D eigenvalue weighted by Crippen LogP contribution is 2.30. The minimum absolute atomic E-state index is 0.263. The summed E-state index contributed by atoms with van der Waals surface area (Å²) in [4.78, 5) is 0. The quantitative estimate of drug-likeness (QED) is 0.266. The summed E-state index contributed by atoms with van der Waals surface area (Å²) in [6.07, 6.45) is -0.967. The lowest BCUT2D eigenvalue weighted by Crippen LogP contribution is -2.40. The molecule has 4 atom stereocenters. The number of hydrogen-bond acceptors (Lipinski definition) is 5. The zero-order chi connectivity index (χ0) is 26.7. The Morgan fingerprint density at radius 2 is 1.05 bits per heavy atom. The molecule has 0 spiro atoms. The van der Waals surface area contributed by atoms with Gasteiger partial charge in [-0.15, -0.1) is 0 Å². The number of ether oxygens (including phenoxy) is 3. The maximum Gasteiger partial charge on any atom is 0.125 e. The Labute approximate surface area is 230 Å². The van der Waals surface area contributed by atoms with Gasteiger partial charge in [0.2, 0.25) is 0 Å². The van der Waals surface area contributed by atoms with E-state index >= 15 is 0 Å². The molecule has 4 aromatic carbocycles. The van der Waals surface area contributed by atoms with Crippen LogP contribution in [-0.2, 0) is 34.0 Å². The number of nitrogens with zero attached hydrogens (tertiary/aromatic N) is 1. The van der Waals surface area contributed by atoms with Crippen LogP contribution in [0.3, 0.4) is 0 Å². The van der Waals surface area contributed by atoms with Crippen LogP contribution in [0.4, 0.5) is 0 Å². The van der Waals surface area contributed by atoms with E-state index < -0.39 is 24.3 Å². The fourth-order valence-corrected chi connectivity index (χ4v) is 4.70. The van der Waals surface area contributed by atoms with Crippen LogP contribution in [0.25, 0.3) is 0 Å². The second-order valence-electron chi connectivity index (χ2n) is 9.55. The number of hydrogen-bond donors (Lipinski definition) is 1. The van der Waals surface area contributed by atoms with E-state index in [-0.39, 0.29) is 6.61 Å². The van der Waals surface area contributed by atoms with Gasteiger partial charge in [-0.05, 0) is 28.8 Å². The summed E-state index contributed by atoms with van der Waals surface area (Å²) < 4.78 is 19.0. The molecule has 39 heavy (non-hydrogen) atoms. The molecule has 1 saturated heterocycles. The summed E-state index contributed by atoms with van der Waals surface area (Å²) in [5, 5.41) is 12.7. The molecule has 0 bridgehead atoms. The Morgan fingerprint density at radius 1 is 0.590 bits per heavy atom. The van der Waals surface area contributed by atoms with Crippen molar-refractivity contribution in [2.45, 2.75) is 44.1 Å². The molecule has 198 valence electrons. The predicted molar refractivity (Wildman–Crippen MR) is 151 cm³/mol. The van der Waals surface area contributed by atoms with Gasteiger partial charge in [0.25, 0.3) is 0 Å². The van der Waals surface area contributed by atoms with Gasteiger partial charge in [0.1, 0.15) is 18.2 Å². The maximum absolute atomic E-state index is 11.4. The molecular weight excluding hydrogens is 486 g/mol. The zero-order valence-corrected chi connectivity index (χ0v) is 21.8. The fourth-order valence-electron chi connectivity index (χ4n) is 4.70. The van der Waals surface area contributed by atoms with Crippen molar-refractivity contribution >= 4 is 0 Å². The molecule has 0 aliphatic carbocycles. The highest BCUT2D eigenvalue weighted by atomic mass is 16.6. The van der Waals surface area contributed by atoms with E-state index in [1.807, 2.05) is 121 Å². The summed E-state index contributed by atoms with van der Waals surface area (Å²) >= 11 is 0. The topological polar surface area (TPSA) is 51.2 Å². The fraction of sp³-hybridized carbons (Fsp3) is 0.235. The smallest absolute Gasteiger partial charge is 0.125 e. The molecule has 1 N–H and O–H groups in total. The Morgan fingerprint density at radius 3 is 1.59 bits per heavy atom. The average molecular weight is 520 g/mol. The minimum Gasteiger partial charge on any atom is -0.375 e. The van der Waals surface area contributed by atoms with Gasteiger partial charge in [-0.2, -0.15) is 5.06 Å². The SMILES string of the molecule is ON1[C@@H](C#Cc2ccccc2)[C@H](OCc2ccccc2)[C@@H](OCc2ccccc2)[C@@H]1COCc1ccccc1. The van der Waals surface area contributed by atoms with Crippen molar-refractivity contribution < 1.29 is 19.4 Å². The third-order valence-corrected chi connectivity index (χ3v) is 6.75. The standard InChI is InChI=1S/C34H33NO4/c36-35-31(22-21-27-13-5-1-6-14-27)33(38-24-29-17-9-3-10-18-29)34(39-25-30-19-11-4-12-20-30)32(35)26-37-23-28-15-7-2-8-16-28/h1-20,31-34,36H,23-26H2/t31-,32-,33-,34-/m0/s1. The Bertz CT molecular complexity index is 1320. The summed E-state index contributed by atoms with van der Waals surface area (Å²) in [6.45, 7) is 1.47. The molecule has 5 rings (SSSR count). The number of benzene rings is 4. The van der Waals surface area contributed by atoms with E-state index in [4.69, 9.17) is 14.2 Å². The first-order chi connectivity index (χ1) is 19.3. The summed E-state index contributed by atoms with van der Waals surface area (Å²) in [5.74, 6) is 6.48. The van der Waals surface area contributed by atoms with Gasteiger partial charge in [0.05, 0.1) is 32.5 Å². The van der Waals surface area contributed by atoms with Crippen molar-refractivity contribution in [1.29, 1.82) is 0 Å². The van der Waals surface area contributed by atoms with Crippen LogP contribution in [-0.4, -0.2) is 41.2 Å². The monoisotopic (exact) mass is 519 g/mol. The Hall–Kier alpha value is -3.76. The normalized spacial score (nSPS) is 20.8. The number of hydroxylamine groups is 2. The van der Waals surface area contributed by atoms with E-state index in [2.05, 4.69) is 11.8 Å². The highest BCUT2D eigenvalue weighted by Gasteiger charge is 2.50. The van der Waals surface area contributed by atoms with Gasteiger partial charge >= 0.3 is 0 Å². The first-order valence-electron chi connectivity index (χ1n) is 13.2. The first-order valence-corrected chi connectivity index (χ1v) is 13.2. The van der Waals surface area contributed by atoms with Crippen LogP contribution < -0.4 is 0 Å². The molecule has 5 heteroatoms. The molecule has 0 aromatic heterocycles. The molecular formula is C34H33NO4. The molecule has 4 aromatic rings. The predicted octanol–water partition coefficient (Wildman–Crippen LogP) is 5.87. The lowest BCUT2D eigenvalue weighted by molar-refractivity contribution is -0.155. The van der Waals surface area contributed by atoms with Gasteiger partial charge < -0.3 is 19.4 Å². The van der Waals surface area contributed by atoms with E-state index in [1.165, 1.54) is 5.06 Å². The highest BCUT2D eigenvalue weighted by molar-refractivity contribution is 5.36. The zero-order valence-electron chi connectivity index (χ0n) is 21.8. The Kier molecular flexibility index (Phi) is 9.54. The van der Waals surface area contributed by atoms with Crippen LogP contribution in [0.2, 0.25) is 0 Å². The lowest BCUT2D eigenvalue weighted by Gasteiger charge is -2.25. The van der Waals surface area contributed by atoms with Crippen LogP contribution in [0.1, 0.15) is 22.3 Å². The third kappa shape index (κ3) is 7.42. The van der Waals surface area contributed by atoms with Crippen LogP contribution in [0.15, 0.2) is 121 Å². The van der Waals surface area contributed by atoms with Gasteiger partial charge in [0.15, 0.2) is 0 Å². The largest absolute Gasteiger partial charge is 0.375 e. The summed E-state index contributed by atoms with van der Waals surface area (Å²) in [6, 6.07) is 38.7. The summed E-state index contributed by atoms with van der Waals surface area (Å²) in [7, 11) is 0. The van der Waals surface area contributed by atoms with Crippen LogP contribution >= 0.6 is 0 Å². The molecule has 1 heterocycles. The molecule has 1 fully saturated rings. The molecule has 0 saturated carbocycles. The van der Waals surface area contributed by atoms with Gasteiger partial charge in [0, 0.05) is 5.56 Å². The lowest BCUT2D eigenvalue weighted by atomic mass is 10.1. The number of rotatable bonds is 10. The van der Waals surface area contributed by atoms with Crippen molar-refractivity contribution in [2.75, 3.05) is 6.61 Å². The maximum atomic E-state index is 11.4. The minimum atomic E-state index is -0.597. The molecule has 0 radical (unpaired) electrons. The molecule has 0 amide bonds. The van der Waals surface area contributed by atoms with E-state index in [0.717, 1.165) is 22.3 Å². The molecule has 5 nitrogen and oxygen atoms in total. The van der Waals surface area contributed by atoms with Gasteiger partial charge in [-0.1, -0.05) is 121 Å². The second-order valence-corrected chi connectivity index (χ2v) is 9.55. The molecule has 0 unspecified atom stereocenters. The van der Waals surface area contributed by atoms with E-state index in [0.29, 0.717) is 19.8 Å². The van der Waals surface area contributed by atoms with Gasteiger partial charge in [-0.3, -0.25) is 0 Å². The van der Waals surface area contributed by atoms with E-state index in [9.17, 15) is 5.21 Å². The van der Waals surface area contributed by atoms with Crippen LogP contribution in [0.5, 0.6) is 0 Å². The van der Waals surface area contributed by atoms with Crippen LogP contribution in [0, 0.1) is 11.8 Å². The average Bonchev–Trinajstić information content (AvgIpc) is 3.25. The third-order valence-electron chi connectivity index (χ3n) is 6.75.